The Morgan fingerprint density at radius 3 is 2.76 bits per heavy atom. The highest BCUT2D eigenvalue weighted by atomic mass is 16.4. The molecule has 1 rings (SSSR count). The molecule has 0 aromatic heterocycles. The Labute approximate surface area is 104 Å². The number of nitrogens with zero attached hydrogens (tertiary/aromatic N) is 1. The molecule has 0 bridgehead atoms. The van der Waals surface area contributed by atoms with Crippen LogP contribution in [0.25, 0.3) is 0 Å². The second-order valence-electron chi connectivity index (χ2n) is 5.35. The Hall–Kier alpha value is -0.610. The molecule has 2 atom stereocenters. The molecule has 2 N–H and O–H groups in total. The van der Waals surface area contributed by atoms with Gasteiger partial charge in [-0.15, -0.1) is 0 Å². The number of likely N-dealkylation sites (tertiary alicyclic amines) is 1. The lowest BCUT2D eigenvalue weighted by Crippen LogP contribution is -2.47. The lowest BCUT2D eigenvalue weighted by atomic mass is 9.96. The Morgan fingerprint density at radius 2 is 2.29 bits per heavy atom. The number of rotatable bonds is 7. The molecule has 1 aliphatic rings. The molecule has 17 heavy (non-hydrogen) atoms. The molecule has 0 aliphatic carbocycles. The normalized spacial score (nSPS) is 24.8. The predicted molar refractivity (Wildman–Crippen MR) is 69.2 cm³/mol. The molecular weight excluding hydrogens is 216 g/mol. The van der Waals surface area contributed by atoms with Crippen LogP contribution >= 0.6 is 0 Å². The van der Waals surface area contributed by atoms with Gasteiger partial charge in [-0.05, 0) is 52.2 Å². The number of likely N-dealkylation sites (N-methyl/N-ethyl adjacent to an activating group) is 1. The van der Waals surface area contributed by atoms with Gasteiger partial charge in [0.1, 0.15) is 5.54 Å². The Balaban J connectivity index is 2.26. The van der Waals surface area contributed by atoms with Gasteiger partial charge in [0.05, 0.1) is 0 Å². The maximum absolute atomic E-state index is 11.1. The van der Waals surface area contributed by atoms with Crippen LogP contribution in [0.1, 0.15) is 39.5 Å². The monoisotopic (exact) mass is 242 g/mol. The third-order valence-corrected chi connectivity index (χ3v) is 4.12. The first kappa shape index (κ1) is 14.5. The summed E-state index contributed by atoms with van der Waals surface area (Å²) in [6.07, 6.45) is 4.20. The maximum atomic E-state index is 11.1. The second-order valence-corrected chi connectivity index (χ2v) is 5.35. The maximum Gasteiger partial charge on any atom is 0.323 e. The molecule has 1 heterocycles. The number of aliphatic carboxylic acids is 1. The molecular formula is C13H26N2O2. The van der Waals surface area contributed by atoms with Gasteiger partial charge in [0.25, 0.3) is 0 Å². The summed E-state index contributed by atoms with van der Waals surface area (Å²) in [7, 11) is 1.72. The zero-order chi connectivity index (χ0) is 12.9. The molecule has 0 amide bonds. The molecule has 100 valence electrons. The summed E-state index contributed by atoms with van der Waals surface area (Å²) < 4.78 is 0. The first-order valence-electron chi connectivity index (χ1n) is 6.66. The van der Waals surface area contributed by atoms with Crippen molar-refractivity contribution in [2.45, 2.75) is 45.1 Å². The van der Waals surface area contributed by atoms with Crippen molar-refractivity contribution < 1.29 is 9.90 Å². The quantitative estimate of drug-likeness (QED) is 0.711. The fourth-order valence-electron chi connectivity index (χ4n) is 2.44. The molecule has 4 heteroatoms. The fourth-order valence-corrected chi connectivity index (χ4v) is 2.44. The molecule has 2 unspecified atom stereocenters. The predicted octanol–water partition coefficient (Wildman–Crippen LogP) is 1.56. The van der Waals surface area contributed by atoms with Crippen molar-refractivity contribution in [1.29, 1.82) is 0 Å². The molecule has 1 fully saturated rings. The van der Waals surface area contributed by atoms with Crippen molar-refractivity contribution in [3.05, 3.63) is 0 Å². The summed E-state index contributed by atoms with van der Waals surface area (Å²) in [5.41, 5.74) is -0.774. The van der Waals surface area contributed by atoms with Crippen molar-refractivity contribution in [2.24, 2.45) is 5.92 Å². The standard InChI is InChI=1S/C13H26N2O2/c1-4-11-6-9-15(10-11)8-5-7-13(2,14-3)12(16)17/h11,14H,4-10H2,1-3H3,(H,16,17). The van der Waals surface area contributed by atoms with E-state index in [4.69, 9.17) is 5.11 Å². The lowest BCUT2D eigenvalue weighted by molar-refractivity contribution is -0.144. The van der Waals surface area contributed by atoms with E-state index in [0.29, 0.717) is 6.42 Å². The topological polar surface area (TPSA) is 52.6 Å². The lowest BCUT2D eigenvalue weighted by Gasteiger charge is -2.25. The number of carbonyl (C=O) groups is 1. The third kappa shape index (κ3) is 3.96. The van der Waals surface area contributed by atoms with Gasteiger partial charge in [0.2, 0.25) is 0 Å². The first-order valence-corrected chi connectivity index (χ1v) is 6.66. The van der Waals surface area contributed by atoms with Gasteiger partial charge >= 0.3 is 5.97 Å². The van der Waals surface area contributed by atoms with Gasteiger partial charge in [-0.25, -0.2) is 0 Å². The van der Waals surface area contributed by atoms with Crippen molar-refractivity contribution in [2.75, 3.05) is 26.7 Å². The molecule has 1 saturated heterocycles. The summed E-state index contributed by atoms with van der Waals surface area (Å²) >= 11 is 0. The van der Waals surface area contributed by atoms with E-state index in [-0.39, 0.29) is 0 Å². The smallest absolute Gasteiger partial charge is 0.323 e. The average Bonchev–Trinajstić information content (AvgIpc) is 2.76. The summed E-state index contributed by atoms with van der Waals surface area (Å²) in [6.45, 7) is 7.41. The molecule has 0 spiro atoms. The van der Waals surface area contributed by atoms with Crippen molar-refractivity contribution >= 4 is 5.97 Å². The van der Waals surface area contributed by atoms with Crippen molar-refractivity contribution in [3.63, 3.8) is 0 Å². The van der Waals surface area contributed by atoms with Crippen molar-refractivity contribution in [1.82, 2.24) is 10.2 Å². The minimum Gasteiger partial charge on any atom is -0.480 e. The van der Waals surface area contributed by atoms with E-state index in [1.54, 1.807) is 14.0 Å². The summed E-state index contributed by atoms with van der Waals surface area (Å²) in [5, 5.41) is 12.0. The number of carboxylic acid groups (broad SMARTS) is 1. The summed E-state index contributed by atoms with van der Waals surface area (Å²) in [4.78, 5) is 13.6. The van der Waals surface area contributed by atoms with Gasteiger partial charge in [0, 0.05) is 6.54 Å². The van der Waals surface area contributed by atoms with E-state index in [9.17, 15) is 4.79 Å². The summed E-state index contributed by atoms with van der Waals surface area (Å²) in [5.74, 6) is 0.0954. The largest absolute Gasteiger partial charge is 0.480 e. The Bertz CT molecular complexity index is 258. The zero-order valence-electron chi connectivity index (χ0n) is 11.3. The van der Waals surface area contributed by atoms with Crippen LogP contribution in [0.5, 0.6) is 0 Å². The van der Waals surface area contributed by atoms with Crippen LogP contribution in [0.2, 0.25) is 0 Å². The van der Waals surface area contributed by atoms with Crippen LogP contribution in [0.3, 0.4) is 0 Å². The van der Waals surface area contributed by atoms with Gasteiger partial charge in [-0.2, -0.15) is 0 Å². The molecule has 0 radical (unpaired) electrons. The van der Waals surface area contributed by atoms with E-state index in [2.05, 4.69) is 17.1 Å². The Morgan fingerprint density at radius 1 is 1.59 bits per heavy atom. The molecule has 1 aliphatic heterocycles. The van der Waals surface area contributed by atoms with Gasteiger partial charge < -0.3 is 15.3 Å². The SMILES string of the molecule is CCC1CCN(CCCC(C)(NC)C(=O)O)C1. The molecule has 0 saturated carbocycles. The fraction of sp³-hybridized carbons (Fsp3) is 0.923. The minimum absolute atomic E-state index is 0.687. The summed E-state index contributed by atoms with van der Waals surface area (Å²) in [6, 6.07) is 0. The number of hydrogen-bond acceptors (Lipinski definition) is 3. The number of hydrogen-bond donors (Lipinski definition) is 2. The Kier molecular flexibility index (Phi) is 5.40. The highest BCUT2D eigenvalue weighted by Gasteiger charge is 2.30. The van der Waals surface area contributed by atoms with Crippen LogP contribution in [0.4, 0.5) is 0 Å². The average molecular weight is 242 g/mol. The third-order valence-electron chi connectivity index (χ3n) is 4.12. The van der Waals surface area contributed by atoms with Crippen LogP contribution in [0.15, 0.2) is 0 Å². The molecule has 4 nitrogen and oxygen atoms in total. The highest BCUT2D eigenvalue weighted by molar-refractivity contribution is 5.78. The molecule has 0 aromatic rings. The van der Waals surface area contributed by atoms with Gasteiger partial charge in [0.15, 0.2) is 0 Å². The van der Waals surface area contributed by atoms with Crippen LogP contribution in [-0.4, -0.2) is 48.2 Å². The van der Waals surface area contributed by atoms with E-state index in [0.717, 1.165) is 18.9 Å². The first-order chi connectivity index (χ1) is 8.01. The number of carboxylic acids is 1. The van der Waals surface area contributed by atoms with E-state index < -0.39 is 11.5 Å². The minimum atomic E-state index is -0.774. The second kappa shape index (κ2) is 6.36. The zero-order valence-corrected chi connectivity index (χ0v) is 11.3. The van der Waals surface area contributed by atoms with E-state index >= 15 is 0 Å². The van der Waals surface area contributed by atoms with E-state index in [1.807, 2.05) is 0 Å². The van der Waals surface area contributed by atoms with Gasteiger partial charge in [-0.3, -0.25) is 4.79 Å². The van der Waals surface area contributed by atoms with Crippen LogP contribution in [-0.2, 0) is 4.79 Å². The van der Waals surface area contributed by atoms with Crippen molar-refractivity contribution in [3.8, 4) is 0 Å². The van der Waals surface area contributed by atoms with Crippen LogP contribution in [0, 0.1) is 5.92 Å². The highest BCUT2D eigenvalue weighted by Crippen LogP contribution is 2.20. The van der Waals surface area contributed by atoms with Gasteiger partial charge in [-0.1, -0.05) is 13.3 Å². The number of nitrogens with one attached hydrogen (secondary N) is 1. The van der Waals surface area contributed by atoms with E-state index in [1.165, 1.54) is 25.9 Å². The van der Waals surface area contributed by atoms with Crippen LogP contribution < -0.4 is 5.32 Å². The molecule has 0 aromatic carbocycles.